The first-order chi connectivity index (χ1) is 15.2. The van der Waals surface area contributed by atoms with E-state index in [1.54, 1.807) is 0 Å². The molecule has 0 unspecified atom stereocenters. The fourth-order valence-corrected chi connectivity index (χ4v) is 3.44. The van der Waals surface area contributed by atoms with Gasteiger partial charge >= 0.3 is 0 Å². The first-order valence-electron chi connectivity index (χ1n) is 11.2. The fraction of sp³-hybridized carbons (Fsp3) is 0.542. The Labute approximate surface area is 215 Å². The van der Waals surface area contributed by atoms with E-state index in [0.29, 0.717) is 24.6 Å². The second kappa shape index (κ2) is 14.2. The topological polar surface area (TPSA) is 77.8 Å². The van der Waals surface area contributed by atoms with Crippen molar-refractivity contribution in [3.63, 3.8) is 0 Å². The van der Waals surface area contributed by atoms with Crippen LogP contribution >= 0.6 is 24.0 Å². The minimum absolute atomic E-state index is 0. The van der Waals surface area contributed by atoms with Crippen molar-refractivity contribution in [2.45, 2.75) is 39.8 Å². The van der Waals surface area contributed by atoms with Crippen molar-refractivity contribution in [2.75, 3.05) is 40.8 Å². The first-order valence-corrected chi connectivity index (χ1v) is 11.2. The van der Waals surface area contributed by atoms with Gasteiger partial charge in [-0.05, 0) is 44.6 Å². The van der Waals surface area contributed by atoms with Gasteiger partial charge in [0.2, 0.25) is 0 Å². The third kappa shape index (κ3) is 9.32. The van der Waals surface area contributed by atoms with E-state index in [1.807, 2.05) is 62.0 Å². The van der Waals surface area contributed by atoms with E-state index in [2.05, 4.69) is 47.6 Å². The Balaban J connectivity index is 0.00000544. The van der Waals surface area contributed by atoms with Gasteiger partial charge in [-0.15, -0.1) is 24.0 Å². The second-order valence-corrected chi connectivity index (χ2v) is 8.65. The lowest BCUT2D eigenvalue weighted by molar-refractivity contribution is 0.0951. The van der Waals surface area contributed by atoms with Crippen molar-refractivity contribution >= 4 is 35.8 Å². The van der Waals surface area contributed by atoms with Crippen LogP contribution in [0.2, 0.25) is 0 Å². The number of likely N-dealkylation sites (N-methyl/N-ethyl adjacent to an activating group) is 1. The minimum Gasteiger partial charge on any atom is -0.357 e. The van der Waals surface area contributed by atoms with Crippen LogP contribution in [0.4, 0.5) is 0 Å². The summed E-state index contributed by atoms with van der Waals surface area (Å²) in [6, 6.07) is 7.66. The van der Waals surface area contributed by atoms with E-state index in [1.165, 1.54) is 5.56 Å². The largest absolute Gasteiger partial charge is 0.357 e. The Morgan fingerprint density at radius 1 is 1.21 bits per heavy atom. The molecule has 2 rings (SSSR count). The van der Waals surface area contributed by atoms with Crippen LogP contribution < -0.4 is 10.6 Å². The molecule has 0 bridgehead atoms. The van der Waals surface area contributed by atoms with E-state index >= 15 is 0 Å². The zero-order chi connectivity index (χ0) is 23.7. The van der Waals surface area contributed by atoms with E-state index < -0.39 is 0 Å². The molecule has 1 heterocycles. The summed E-state index contributed by atoms with van der Waals surface area (Å²) < 4.78 is 1.87. The maximum absolute atomic E-state index is 12.4. The maximum atomic E-state index is 12.4. The number of halogens is 1. The number of carbonyl (C=O) groups is 1. The summed E-state index contributed by atoms with van der Waals surface area (Å²) in [4.78, 5) is 21.4. The summed E-state index contributed by atoms with van der Waals surface area (Å²) in [5.41, 5.74) is 3.97. The van der Waals surface area contributed by atoms with Crippen molar-refractivity contribution in [3.05, 3.63) is 52.8 Å². The molecule has 0 aliphatic rings. The quantitative estimate of drug-likeness (QED) is 0.262. The van der Waals surface area contributed by atoms with E-state index in [-0.39, 0.29) is 29.9 Å². The highest BCUT2D eigenvalue weighted by atomic mass is 127. The molecule has 2 aromatic rings. The number of guanidine groups is 1. The Morgan fingerprint density at radius 3 is 2.58 bits per heavy atom. The third-order valence-corrected chi connectivity index (χ3v) is 5.03. The van der Waals surface area contributed by atoms with Gasteiger partial charge < -0.3 is 20.4 Å². The molecule has 2 N–H and O–H groups in total. The number of carbonyl (C=O) groups excluding carboxylic acids is 1. The van der Waals surface area contributed by atoms with Crippen LogP contribution in [0.3, 0.4) is 0 Å². The van der Waals surface area contributed by atoms with Gasteiger partial charge in [0, 0.05) is 57.6 Å². The standard InChI is InChI=1S/C24H39N7O.HI/c1-8-25-24(30(6)16-21-17-31(7)28-22(21)18(2)3)27-15-19-10-9-11-20(14-19)23(32)26-12-13-29(4)5;/h9-11,14,17-18H,8,12-13,15-16H2,1-7H3,(H,25,27)(H,26,32);1H. The molecule has 0 fully saturated rings. The molecule has 0 atom stereocenters. The number of aromatic nitrogens is 2. The summed E-state index contributed by atoms with van der Waals surface area (Å²) in [6.07, 6.45) is 2.08. The Hall–Kier alpha value is -2.14. The number of benzene rings is 1. The van der Waals surface area contributed by atoms with Gasteiger partial charge in [-0.25, -0.2) is 4.99 Å². The number of nitrogens with zero attached hydrogens (tertiary/aromatic N) is 5. The number of hydrogen-bond donors (Lipinski definition) is 2. The molecule has 1 aromatic heterocycles. The molecule has 184 valence electrons. The Kier molecular flexibility index (Phi) is 12.4. The van der Waals surface area contributed by atoms with Crippen LogP contribution in [0.5, 0.6) is 0 Å². The highest BCUT2D eigenvalue weighted by Gasteiger charge is 2.15. The van der Waals surface area contributed by atoms with Gasteiger partial charge in [0.25, 0.3) is 5.91 Å². The molecule has 33 heavy (non-hydrogen) atoms. The van der Waals surface area contributed by atoms with Crippen LogP contribution in [0.25, 0.3) is 0 Å². The van der Waals surface area contributed by atoms with Crippen molar-refractivity contribution in [3.8, 4) is 0 Å². The molecule has 0 saturated heterocycles. The lowest BCUT2D eigenvalue weighted by Crippen LogP contribution is -2.38. The van der Waals surface area contributed by atoms with Crippen molar-refractivity contribution in [2.24, 2.45) is 12.0 Å². The summed E-state index contributed by atoms with van der Waals surface area (Å²) in [5, 5.41) is 10.9. The molecule has 0 saturated carbocycles. The summed E-state index contributed by atoms with van der Waals surface area (Å²) in [5.74, 6) is 1.14. The molecule has 0 aliphatic carbocycles. The molecular formula is C24H40IN7O. The smallest absolute Gasteiger partial charge is 0.251 e. The SMILES string of the molecule is CCNC(=NCc1cccc(C(=O)NCCN(C)C)c1)N(C)Cc1cn(C)nc1C(C)C.I. The average Bonchev–Trinajstić information content (AvgIpc) is 3.11. The number of nitrogens with one attached hydrogen (secondary N) is 2. The van der Waals surface area contributed by atoms with Crippen LogP contribution in [-0.2, 0) is 20.1 Å². The highest BCUT2D eigenvalue weighted by molar-refractivity contribution is 14.0. The molecule has 0 spiro atoms. The lowest BCUT2D eigenvalue weighted by Gasteiger charge is -2.22. The van der Waals surface area contributed by atoms with Crippen LogP contribution in [0.1, 0.15) is 53.9 Å². The maximum Gasteiger partial charge on any atom is 0.251 e. The molecule has 0 aliphatic heterocycles. The van der Waals surface area contributed by atoms with Crippen molar-refractivity contribution in [1.82, 2.24) is 30.2 Å². The number of hydrogen-bond acceptors (Lipinski definition) is 4. The number of rotatable bonds is 10. The lowest BCUT2D eigenvalue weighted by atomic mass is 10.1. The van der Waals surface area contributed by atoms with Crippen LogP contribution in [-0.4, -0.2) is 72.2 Å². The average molecular weight is 570 g/mol. The van der Waals surface area contributed by atoms with Crippen molar-refractivity contribution in [1.29, 1.82) is 0 Å². The minimum atomic E-state index is -0.0560. The van der Waals surface area contributed by atoms with E-state index in [0.717, 1.165) is 36.9 Å². The molecule has 1 aromatic carbocycles. The normalized spacial score (nSPS) is 11.5. The van der Waals surface area contributed by atoms with Crippen molar-refractivity contribution < 1.29 is 4.79 Å². The van der Waals surface area contributed by atoms with Gasteiger partial charge in [-0.1, -0.05) is 26.0 Å². The number of aryl methyl sites for hydroxylation is 1. The van der Waals surface area contributed by atoms with Gasteiger partial charge in [-0.3, -0.25) is 9.48 Å². The molecule has 9 heteroatoms. The first kappa shape index (κ1) is 28.9. The zero-order valence-electron chi connectivity index (χ0n) is 21.1. The Morgan fingerprint density at radius 2 is 1.94 bits per heavy atom. The van der Waals surface area contributed by atoms with E-state index in [4.69, 9.17) is 4.99 Å². The highest BCUT2D eigenvalue weighted by Crippen LogP contribution is 2.18. The van der Waals surface area contributed by atoms with E-state index in [9.17, 15) is 4.79 Å². The van der Waals surface area contributed by atoms with Gasteiger partial charge in [0.15, 0.2) is 5.96 Å². The fourth-order valence-electron chi connectivity index (χ4n) is 3.44. The zero-order valence-corrected chi connectivity index (χ0v) is 23.4. The van der Waals surface area contributed by atoms with Crippen LogP contribution in [0.15, 0.2) is 35.5 Å². The third-order valence-electron chi connectivity index (χ3n) is 5.03. The van der Waals surface area contributed by atoms with Gasteiger partial charge in [-0.2, -0.15) is 5.10 Å². The molecular weight excluding hydrogens is 529 g/mol. The predicted molar refractivity (Wildman–Crippen MR) is 146 cm³/mol. The predicted octanol–water partition coefficient (Wildman–Crippen LogP) is 3.05. The molecule has 8 nitrogen and oxygen atoms in total. The summed E-state index contributed by atoms with van der Waals surface area (Å²) in [6.45, 7) is 9.81. The monoisotopic (exact) mass is 569 g/mol. The summed E-state index contributed by atoms with van der Waals surface area (Å²) >= 11 is 0. The van der Waals surface area contributed by atoms with Crippen LogP contribution in [0, 0.1) is 0 Å². The number of aliphatic imine (C=N–C) groups is 1. The molecule has 0 radical (unpaired) electrons. The number of amides is 1. The second-order valence-electron chi connectivity index (χ2n) is 8.65. The summed E-state index contributed by atoms with van der Waals surface area (Å²) in [7, 11) is 7.97. The Bertz CT molecular complexity index is 908. The molecule has 1 amide bonds. The van der Waals surface area contributed by atoms with Gasteiger partial charge in [0.1, 0.15) is 0 Å². The van der Waals surface area contributed by atoms with Gasteiger partial charge in [0.05, 0.1) is 12.2 Å².